The van der Waals surface area contributed by atoms with Gasteiger partial charge in [0.25, 0.3) is 5.91 Å². The van der Waals surface area contributed by atoms with E-state index in [4.69, 9.17) is 0 Å². The number of nitrogens with one attached hydrogen (secondary N) is 1. The third kappa shape index (κ3) is 4.30. The molecule has 1 N–H and O–H groups in total. The number of nitrogens with zero attached hydrogens (tertiary/aromatic N) is 3. The van der Waals surface area contributed by atoms with Crippen LogP contribution in [0.2, 0.25) is 0 Å². The van der Waals surface area contributed by atoms with Gasteiger partial charge in [0.05, 0.1) is 5.69 Å². The zero-order chi connectivity index (χ0) is 20.3. The minimum atomic E-state index is -0.391. The quantitative estimate of drug-likeness (QED) is 0.876. The van der Waals surface area contributed by atoms with Gasteiger partial charge in [-0.1, -0.05) is 32.0 Å². The van der Waals surface area contributed by atoms with Crippen LogP contribution in [-0.4, -0.2) is 45.6 Å². The number of piperidine rings is 1. The van der Waals surface area contributed by atoms with Crippen molar-refractivity contribution in [2.24, 2.45) is 5.92 Å². The summed E-state index contributed by atoms with van der Waals surface area (Å²) >= 11 is 0. The fourth-order valence-corrected chi connectivity index (χ4v) is 3.32. The summed E-state index contributed by atoms with van der Waals surface area (Å²) in [5.41, 5.74) is 0.969. The topological polar surface area (TPSA) is 84.3 Å². The normalized spacial score (nSPS) is 16.9. The van der Waals surface area contributed by atoms with Crippen LogP contribution in [0, 0.1) is 12.8 Å². The Hall–Kier alpha value is -2.96. The van der Waals surface area contributed by atoms with E-state index in [1.807, 2.05) is 44.2 Å². The monoisotopic (exact) mass is 382 g/mol. The van der Waals surface area contributed by atoms with Gasteiger partial charge in [-0.3, -0.25) is 14.4 Å². The summed E-state index contributed by atoms with van der Waals surface area (Å²) in [7, 11) is 0. The Morgan fingerprint density at radius 1 is 1.21 bits per heavy atom. The van der Waals surface area contributed by atoms with Crippen LogP contribution in [0.25, 0.3) is 5.69 Å². The molecule has 1 aliphatic rings. The summed E-state index contributed by atoms with van der Waals surface area (Å²) in [5.74, 6) is -0.528. The van der Waals surface area contributed by atoms with Gasteiger partial charge in [-0.25, -0.2) is 4.68 Å². The van der Waals surface area contributed by atoms with Crippen molar-refractivity contribution in [1.29, 1.82) is 0 Å². The van der Waals surface area contributed by atoms with Crippen LogP contribution in [-0.2, 0) is 4.79 Å². The molecule has 1 aliphatic heterocycles. The molecule has 7 nitrogen and oxygen atoms in total. The van der Waals surface area contributed by atoms with Crippen molar-refractivity contribution >= 4 is 11.8 Å². The molecule has 1 fully saturated rings. The molecule has 0 spiro atoms. The van der Waals surface area contributed by atoms with Crippen molar-refractivity contribution in [2.45, 2.75) is 39.7 Å². The Balaban J connectivity index is 1.84. The highest BCUT2D eigenvalue weighted by Gasteiger charge is 2.28. The summed E-state index contributed by atoms with van der Waals surface area (Å²) in [6.07, 6.45) is 1.59. The lowest BCUT2D eigenvalue weighted by molar-refractivity contribution is -0.125. The van der Waals surface area contributed by atoms with Gasteiger partial charge in [0.1, 0.15) is 0 Å². The first-order valence-electron chi connectivity index (χ1n) is 9.63. The lowest BCUT2D eigenvalue weighted by atomic mass is 10.0. The largest absolute Gasteiger partial charge is 0.351 e. The number of carbonyl (C=O) groups excluding carboxylic acids is 2. The van der Waals surface area contributed by atoms with Crippen LogP contribution in [0.15, 0.2) is 41.2 Å². The van der Waals surface area contributed by atoms with E-state index in [2.05, 4.69) is 10.4 Å². The third-order valence-corrected chi connectivity index (χ3v) is 4.89. The summed E-state index contributed by atoms with van der Waals surface area (Å²) in [5, 5.41) is 7.34. The van der Waals surface area contributed by atoms with E-state index < -0.39 is 5.91 Å². The smallest absolute Gasteiger partial charge is 0.278 e. The predicted molar refractivity (Wildman–Crippen MR) is 106 cm³/mol. The van der Waals surface area contributed by atoms with Crippen LogP contribution in [0.3, 0.4) is 0 Å². The van der Waals surface area contributed by atoms with Crippen LogP contribution >= 0.6 is 0 Å². The van der Waals surface area contributed by atoms with Gasteiger partial charge in [-0.15, -0.1) is 0 Å². The zero-order valence-corrected chi connectivity index (χ0v) is 16.5. The maximum absolute atomic E-state index is 13.0. The number of rotatable bonds is 4. The molecular weight excluding hydrogens is 356 g/mol. The lowest BCUT2D eigenvalue weighted by Crippen LogP contribution is -2.51. The molecule has 1 saturated heterocycles. The number of aryl methyl sites for hydroxylation is 1. The van der Waals surface area contributed by atoms with E-state index in [1.54, 1.807) is 16.5 Å². The van der Waals surface area contributed by atoms with Crippen LogP contribution in [0.4, 0.5) is 0 Å². The summed E-state index contributed by atoms with van der Waals surface area (Å²) in [4.78, 5) is 39.1. The van der Waals surface area contributed by atoms with Gasteiger partial charge in [0.15, 0.2) is 5.69 Å². The molecule has 148 valence electrons. The Morgan fingerprint density at radius 2 is 1.93 bits per heavy atom. The SMILES string of the molecule is Cc1cc(=O)c(C(=O)N2CCCC(NC(=O)C(C)C)C2)nn1-c1ccccc1. The molecule has 1 aromatic heterocycles. The molecule has 0 radical (unpaired) electrons. The molecule has 0 aliphatic carbocycles. The van der Waals surface area contributed by atoms with Gasteiger partial charge in [0.2, 0.25) is 11.3 Å². The van der Waals surface area contributed by atoms with E-state index in [-0.39, 0.29) is 29.0 Å². The highest BCUT2D eigenvalue weighted by Crippen LogP contribution is 2.14. The number of benzene rings is 1. The van der Waals surface area contributed by atoms with Crippen molar-refractivity contribution in [3.8, 4) is 5.69 Å². The van der Waals surface area contributed by atoms with Crippen molar-refractivity contribution in [3.05, 3.63) is 58.0 Å². The number of amides is 2. The molecule has 7 heteroatoms. The van der Waals surface area contributed by atoms with Crippen molar-refractivity contribution in [1.82, 2.24) is 20.0 Å². The molecule has 0 saturated carbocycles. The second-order valence-corrected chi connectivity index (χ2v) is 7.50. The zero-order valence-electron chi connectivity index (χ0n) is 16.5. The Morgan fingerprint density at radius 3 is 2.61 bits per heavy atom. The Bertz CT molecular complexity index is 921. The van der Waals surface area contributed by atoms with Crippen molar-refractivity contribution in [3.63, 3.8) is 0 Å². The van der Waals surface area contributed by atoms with Gasteiger partial charge in [0, 0.05) is 36.8 Å². The number of para-hydroxylation sites is 1. The van der Waals surface area contributed by atoms with Crippen LogP contribution in [0.5, 0.6) is 0 Å². The fraction of sp³-hybridized carbons (Fsp3) is 0.429. The number of likely N-dealkylation sites (tertiary alicyclic amines) is 1. The number of hydrogen-bond donors (Lipinski definition) is 1. The van der Waals surface area contributed by atoms with Crippen LogP contribution < -0.4 is 10.7 Å². The van der Waals surface area contributed by atoms with Crippen molar-refractivity contribution < 1.29 is 9.59 Å². The molecule has 28 heavy (non-hydrogen) atoms. The molecule has 1 atom stereocenters. The first-order chi connectivity index (χ1) is 13.4. The molecular formula is C21H26N4O3. The fourth-order valence-electron chi connectivity index (χ4n) is 3.32. The second kappa shape index (κ2) is 8.37. The predicted octanol–water partition coefficient (Wildman–Crippen LogP) is 1.92. The summed E-state index contributed by atoms with van der Waals surface area (Å²) in [6, 6.07) is 10.7. The maximum atomic E-state index is 13.0. The minimum absolute atomic E-state index is 0.0285. The molecule has 2 aromatic rings. The average Bonchev–Trinajstić information content (AvgIpc) is 2.68. The van der Waals surface area contributed by atoms with Gasteiger partial charge in [-0.05, 0) is 31.9 Å². The first kappa shape index (κ1) is 19.8. The van der Waals surface area contributed by atoms with E-state index in [0.717, 1.165) is 18.5 Å². The molecule has 0 bridgehead atoms. The number of aromatic nitrogens is 2. The van der Waals surface area contributed by atoms with E-state index >= 15 is 0 Å². The van der Waals surface area contributed by atoms with Crippen molar-refractivity contribution in [2.75, 3.05) is 13.1 Å². The molecule has 1 aromatic carbocycles. The highest BCUT2D eigenvalue weighted by molar-refractivity contribution is 5.92. The maximum Gasteiger partial charge on any atom is 0.278 e. The summed E-state index contributed by atoms with van der Waals surface area (Å²) in [6.45, 7) is 6.39. The standard InChI is InChI=1S/C21H26N4O3/c1-14(2)20(27)22-16-8-7-11-24(13-16)21(28)19-18(26)12-15(3)25(23-19)17-9-5-4-6-10-17/h4-6,9-10,12,14,16H,7-8,11,13H2,1-3H3,(H,22,27). The number of hydrogen-bond acceptors (Lipinski definition) is 4. The average molecular weight is 382 g/mol. The van der Waals surface area contributed by atoms with E-state index in [1.165, 1.54) is 6.07 Å². The first-order valence-corrected chi connectivity index (χ1v) is 9.63. The van der Waals surface area contributed by atoms with Crippen LogP contribution in [0.1, 0.15) is 42.9 Å². The molecule has 3 rings (SSSR count). The number of carbonyl (C=O) groups is 2. The van der Waals surface area contributed by atoms with Gasteiger partial charge < -0.3 is 10.2 Å². The second-order valence-electron chi connectivity index (χ2n) is 7.50. The Kier molecular flexibility index (Phi) is 5.92. The lowest BCUT2D eigenvalue weighted by Gasteiger charge is -2.33. The molecule has 2 heterocycles. The third-order valence-electron chi connectivity index (χ3n) is 4.89. The highest BCUT2D eigenvalue weighted by atomic mass is 16.2. The minimum Gasteiger partial charge on any atom is -0.351 e. The molecule has 1 unspecified atom stereocenters. The Labute approximate surface area is 164 Å². The van der Waals surface area contributed by atoms with E-state index in [0.29, 0.717) is 18.8 Å². The van der Waals surface area contributed by atoms with Gasteiger partial charge in [-0.2, -0.15) is 5.10 Å². The summed E-state index contributed by atoms with van der Waals surface area (Å²) < 4.78 is 1.61. The van der Waals surface area contributed by atoms with E-state index in [9.17, 15) is 14.4 Å². The van der Waals surface area contributed by atoms with Gasteiger partial charge >= 0.3 is 0 Å². The molecule has 2 amide bonds.